The Kier molecular flexibility index (Phi) is 6.10. The van der Waals surface area contributed by atoms with Gasteiger partial charge in [0.2, 0.25) is 5.91 Å². The summed E-state index contributed by atoms with van der Waals surface area (Å²) >= 11 is 0. The van der Waals surface area contributed by atoms with Gasteiger partial charge in [-0.1, -0.05) is 20.3 Å². The fourth-order valence-corrected chi connectivity index (χ4v) is 4.00. The summed E-state index contributed by atoms with van der Waals surface area (Å²) < 4.78 is 38.5. The van der Waals surface area contributed by atoms with Crippen LogP contribution in [0.3, 0.4) is 0 Å². The molecular weight excluding hydrogens is 399 g/mol. The highest BCUT2D eigenvalue weighted by Gasteiger charge is 2.48. The van der Waals surface area contributed by atoms with Gasteiger partial charge < -0.3 is 14.7 Å². The summed E-state index contributed by atoms with van der Waals surface area (Å²) in [5, 5.41) is 0. The van der Waals surface area contributed by atoms with Crippen molar-refractivity contribution >= 4 is 17.7 Å². The van der Waals surface area contributed by atoms with Gasteiger partial charge in [-0.05, 0) is 37.1 Å². The number of hydrogen-bond acceptors (Lipinski definition) is 3. The first kappa shape index (κ1) is 22.1. The van der Waals surface area contributed by atoms with E-state index in [0.717, 1.165) is 30.7 Å². The Labute approximate surface area is 173 Å². The summed E-state index contributed by atoms with van der Waals surface area (Å²) in [5.74, 6) is -0.801. The molecule has 164 valence electrons. The third-order valence-corrected chi connectivity index (χ3v) is 5.85. The maximum Gasteiger partial charge on any atom is 0.416 e. The van der Waals surface area contributed by atoms with Crippen LogP contribution in [0.15, 0.2) is 24.3 Å². The predicted molar refractivity (Wildman–Crippen MR) is 103 cm³/mol. The van der Waals surface area contributed by atoms with Crippen molar-refractivity contribution in [2.45, 2.75) is 52.0 Å². The predicted octanol–water partition coefficient (Wildman–Crippen LogP) is 2.98. The Balaban J connectivity index is 1.89. The van der Waals surface area contributed by atoms with Crippen LogP contribution in [-0.4, -0.2) is 64.3 Å². The molecule has 0 radical (unpaired) electrons. The van der Waals surface area contributed by atoms with Crippen LogP contribution in [0.4, 0.5) is 13.2 Å². The van der Waals surface area contributed by atoms with E-state index in [1.165, 1.54) is 9.80 Å². The quantitative estimate of drug-likeness (QED) is 0.745. The fraction of sp³-hybridized carbons (Fsp3) is 0.571. The molecule has 2 saturated heterocycles. The molecule has 2 fully saturated rings. The minimum atomic E-state index is -4.50. The lowest BCUT2D eigenvalue weighted by Gasteiger charge is -2.51. The third-order valence-electron chi connectivity index (χ3n) is 5.85. The average molecular weight is 425 g/mol. The van der Waals surface area contributed by atoms with E-state index in [1.54, 1.807) is 4.90 Å². The minimum Gasteiger partial charge on any atom is -0.337 e. The first-order valence-electron chi connectivity index (χ1n) is 10.1. The van der Waals surface area contributed by atoms with Crippen molar-refractivity contribution in [1.82, 2.24) is 14.7 Å². The van der Waals surface area contributed by atoms with Crippen LogP contribution in [0.25, 0.3) is 0 Å². The lowest BCUT2D eigenvalue weighted by molar-refractivity contribution is -0.169. The van der Waals surface area contributed by atoms with E-state index in [4.69, 9.17) is 0 Å². The van der Waals surface area contributed by atoms with Gasteiger partial charge in [0, 0.05) is 37.7 Å². The molecule has 0 N–H and O–H groups in total. The zero-order valence-corrected chi connectivity index (χ0v) is 17.3. The molecule has 1 aromatic rings. The van der Waals surface area contributed by atoms with Gasteiger partial charge >= 0.3 is 6.18 Å². The SMILES string of the molecule is CCC(C)CN1CC(C)N2C(=O)CCN(C(=O)c3ccc(C(F)(F)F)cc3)C2C1=O. The van der Waals surface area contributed by atoms with Gasteiger partial charge in [-0.2, -0.15) is 13.2 Å². The molecule has 1 aromatic carbocycles. The highest BCUT2D eigenvalue weighted by Crippen LogP contribution is 2.31. The van der Waals surface area contributed by atoms with Crippen molar-refractivity contribution in [2.24, 2.45) is 5.92 Å². The van der Waals surface area contributed by atoms with Gasteiger partial charge in [-0.15, -0.1) is 0 Å². The molecule has 3 amide bonds. The number of rotatable bonds is 4. The van der Waals surface area contributed by atoms with E-state index in [2.05, 4.69) is 0 Å². The van der Waals surface area contributed by atoms with E-state index < -0.39 is 23.8 Å². The number of amides is 3. The first-order valence-corrected chi connectivity index (χ1v) is 10.1. The Hall–Kier alpha value is -2.58. The van der Waals surface area contributed by atoms with Crippen LogP contribution in [0.5, 0.6) is 0 Å². The number of piperazine rings is 1. The zero-order chi connectivity index (χ0) is 22.2. The summed E-state index contributed by atoms with van der Waals surface area (Å²) in [6.45, 7) is 6.87. The highest BCUT2D eigenvalue weighted by atomic mass is 19.4. The maximum atomic E-state index is 13.2. The van der Waals surface area contributed by atoms with Crippen LogP contribution in [-0.2, 0) is 15.8 Å². The van der Waals surface area contributed by atoms with Crippen LogP contribution >= 0.6 is 0 Å². The Morgan fingerprint density at radius 2 is 1.83 bits per heavy atom. The molecule has 0 saturated carbocycles. The molecule has 2 aliphatic heterocycles. The molecule has 3 unspecified atom stereocenters. The maximum absolute atomic E-state index is 13.2. The van der Waals surface area contributed by atoms with Crippen molar-refractivity contribution in [3.05, 3.63) is 35.4 Å². The van der Waals surface area contributed by atoms with Crippen LogP contribution in [0, 0.1) is 5.92 Å². The van der Waals surface area contributed by atoms with E-state index in [1.807, 2.05) is 20.8 Å². The molecule has 2 aliphatic rings. The molecular formula is C21H26F3N3O3. The van der Waals surface area contributed by atoms with Gasteiger partial charge in [0.15, 0.2) is 6.17 Å². The Morgan fingerprint density at radius 3 is 2.40 bits per heavy atom. The normalized spacial score (nSPS) is 23.5. The van der Waals surface area contributed by atoms with Crippen molar-refractivity contribution in [3.8, 4) is 0 Å². The molecule has 0 bridgehead atoms. The number of halogens is 3. The lowest BCUT2D eigenvalue weighted by Crippen LogP contribution is -2.71. The molecule has 0 spiro atoms. The fourth-order valence-electron chi connectivity index (χ4n) is 4.00. The van der Waals surface area contributed by atoms with E-state index in [-0.39, 0.29) is 42.3 Å². The van der Waals surface area contributed by atoms with E-state index in [9.17, 15) is 27.6 Å². The van der Waals surface area contributed by atoms with E-state index >= 15 is 0 Å². The lowest BCUT2D eigenvalue weighted by atomic mass is 10.0. The van der Waals surface area contributed by atoms with Crippen molar-refractivity contribution in [1.29, 1.82) is 0 Å². The summed E-state index contributed by atoms with van der Waals surface area (Å²) in [6, 6.07) is 3.66. The topological polar surface area (TPSA) is 60.9 Å². The summed E-state index contributed by atoms with van der Waals surface area (Å²) in [5.41, 5.74) is -0.798. The zero-order valence-electron chi connectivity index (χ0n) is 17.3. The molecule has 6 nitrogen and oxygen atoms in total. The largest absolute Gasteiger partial charge is 0.416 e. The van der Waals surface area contributed by atoms with Gasteiger partial charge in [-0.3, -0.25) is 14.4 Å². The van der Waals surface area contributed by atoms with Crippen LogP contribution < -0.4 is 0 Å². The van der Waals surface area contributed by atoms with Gasteiger partial charge in [-0.25, -0.2) is 0 Å². The monoisotopic (exact) mass is 425 g/mol. The van der Waals surface area contributed by atoms with Crippen molar-refractivity contribution < 1.29 is 27.6 Å². The molecule has 3 atom stereocenters. The summed E-state index contributed by atoms with van der Waals surface area (Å²) in [7, 11) is 0. The first-order chi connectivity index (χ1) is 14.0. The average Bonchev–Trinajstić information content (AvgIpc) is 2.70. The summed E-state index contributed by atoms with van der Waals surface area (Å²) in [4.78, 5) is 43.3. The van der Waals surface area contributed by atoms with Crippen LogP contribution in [0.2, 0.25) is 0 Å². The van der Waals surface area contributed by atoms with E-state index in [0.29, 0.717) is 13.1 Å². The van der Waals surface area contributed by atoms with Gasteiger partial charge in [0.25, 0.3) is 11.8 Å². The third kappa shape index (κ3) is 4.15. The molecule has 0 aromatic heterocycles. The second kappa shape index (κ2) is 8.28. The van der Waals surface area contributed by atoms with Gasteiger partial charge in [0.05, 0.1) is 5.56 Å². The van der Waals surface area contributed by atoms with Crippen molar-refractivity contribution in [2.75, 3.05) is 19.6 Å². The summed E-state index contributed by atoms with van der Waals surface area (Å²) in [6.07, 6.45) is -4.60. The smallest absolute Gasteiger partial charge is 0.337 e. The molecule has 3 rings (SSSR count). The molecule has 9 heteroatoms. The van der Waals surface area contributed by atoms with Crippen molar-refractivity contribution in [3.63, 3.8) is 0 Å². The number of benzene rings is 1. The highest BCUT2D eigenvalue weighted by molar-refractivity contribution is 6.00. The number of carbonyl (C=O) groups is 3. The number of alkyl halides is 3. The number of fused-ring (bicyclic) bond motifs is 1. The molecule has 30 heavy (non-hydrogen) atoms. The number of carbonyl (C=O) groups excluding carboxylic acids is 3. The molecule has 0 aliphatic carbocycles. The Bertz CT molecular complexity index is 825. The Morgan fingerprint density at radius 1 is 1.20 bits per heavy atom. The number of nitrogens with zero attached hydrogens (tertiary/aromatic N) is 3. The van der Waals surface area contributed by atoms with Gasteiger partial charge in [0.1, 0.15) is 0 Å². The second-order valence-electron chi connectivity index (χ2n) is 8.10. The number of hydrogen-bond donors (Lipinski definition) is 0. The van der Waals surface area contributed by atoms with Crippen LogP contribution in [0.1, 0.15) is 49.5 Å². The molecule has 2 heterocycles. The standard InChI is InChI=1S/C21H26F3N3O3/c1-4-13(2)11-25-12-14(3)27-17(28)9-10-26(18(27)20(25)30)19(29)15-5-7-16(8-6-15)21(22,23)24/h5-8,13-14,18H,4,9-12H2,1-3H3. The minimum absolute atomic E-state index is 0.0511. The second-order valence-corrected chi connectivity index (χ2v) is 8.10.